The van der Waals surface area contributed by atoms with E-state index in [9.17, 15) is 9.59 Å². The molecule has 0 saturated carbocycles. The first kappa shape index (κ1) is 13.5. The lowest BCUT2D eigenvalue weighted by Crippen LogP contribution is -2.33. The van der Waals surface area contributed by atoms with Gasteiger partial charge < -0.3 is 14.8 Å². The summed E-state index contributed by atoms with van der Waals surface area (Å²) in [5.41, 5.74) is 0. The number of para-hydroxylation sites is 2. The summed E-state index contributed by atoms with van der Waals surface area (Å²) in [4.78, 5) is 23.0. The van der Waals surface area contributed by atoms with E-state index in [1.807, 2.05) is 0 Å². The van der Waals surface area contributed by atoms with Crippen molar-refractivity contribution in [3.63, 3.8) is 0 Å². The van der Waals surface area contributed by atoms with Gasteiger partial charge in [0.05, 0.1) is 5.92 Å². The number of esters is 2. The number of rotatable bonds is 3. The Labute approximate surface area is 111 Å². The van der Waals surface area contributed by atoms with Gasteiger partial charge in [0, 0.05) is 6.92 Å². The lowest BCUT2D eigenvalue weighted by Gasteiger charge is -2.21. The van der Waals surface area contributed by atoms with Crippen molar-refractivity contribution in [2.75, 3.05) is 13.1 Å². The van der Waals surface area contributed by atoms with Crippen LogP contribution in [0.15, 0.2) is 24.3 Å². The molecular formula is C14H17NO4. The number of hydrogen-bond acceptors (Lipinski definition) is 5. The summed E-state index contributed by atoms with van der Waals surface area (Å²) < 4.78 is 10.3. The van der Waals surface area contributed by atoms with Crippen molar-refractivity contribution < 1.29 is 19.1 Å². The Balaban J connectivity index is 2.05. The molecule has 0 aliphatic carbocycles. The molecule has 0 spiro atoms. The Hall–Kier alpha value is -1.88. The van der Waals surface area contributed by atoms with Crippen molar-refractivity contribution in [1.29, 1.82) is 0 Å². The SMILES string of the molecule is CC(=O)Oc1ccccc1OC(=O)C1CCNCC1. The van der Waals surface area contributed by atoms with E-state index < -0.39 is 5.97 Å². The zero-order valence-corrected chi connectivity index (χ0v) is 10.8. The first-order valence-corrected chi connectivity index (χ1v) is 6.36. The normalized spacial score (nSPS) is 15.8. The topological polar surface area (TPSA) is 64.6 Å². The van der Waals surface area contributed by atoms with Crippen LogP contribution in [0.4, 0.5) is 0 Å². The first-order chi connectivity index (χ1) is 9.16. The third-order valence-electron chi connectivity index (χ3n) is 2.99. The van der Waals surface area contributed by atoms with Crippen LogP contribution in [0.5, 0.6) is 11.5 Å². The average molecular weight is 263 g/mol. The van der Waals surface area contributed by atoms with E-state index in [2.05, 4.69) is 5.32 Å². The Bertz CT molecular complexity index is 466. The Kier molecular flexibility index (Phi) is 4.52. The van der Waals surface area contributed by atoms with Crippen molar-refractivity contribution >= 4 is 11.9 Å². The van der Waals surface area contributed by atoms with E-state index >= 15 is 0 Å². The van der Waals surface area contributed by atoms with Crippen LogP contribution < -0.4 is 14.8 Å². The molecule has 1 fully saturated rings. The predicted molar refractivity (Wildman–Crippen MR) is 69.0 cm³/mol. The van der Waals surface area contributed by atoms with E-state index in [0.29, 0.717) is 5.75 Å². The highest BCUT2D eigenvalue weighted by Crippen LogP contribution is 2.28. The fraction of sp³-hybridized carbons (Fsp3) is 0.429. The van der Waals surface area contributed by atoms with Crippen molar-refractivity contribution in [2.24, 2.45) is 5.92 Å². The van der Waals surface area contributed by atoms with Crippen LogP contribution >= 0.6 is 0 Å². The molecule has 1 aliphatic rings. The van der Waals surface area contributed by atoms with E-state index in [-0.39, 0.29) is 17.6 Å². The van der Waals surface area contributed by atoms with Crippen LogP contribution in [0, 0.1) is 5.92 Å². The maximum absolute atomic E-state index is 12.0. The van der Waals surface area contributed by atoms with Crippen LogP contribution in [0.1, 0.15) is 19.8 Å². The molecule has 19 heavy (non-hydrogen) atoms. The summed E-state index contributed by atoms with van der Waals surface area (Å²) >= 11 is 0. The van der Waals surface area contributed by atoms with Crippen molar-refractivity contribution in [3.05, 3.63) is 24.3 Å². The maximum Gasteiger partial charge on any atom is 0.314 e. The first-order valence-electron chi connectivity index (χ1n) is 6.36. The molecule has 0 unspecified atom stereocenters. The van der Waals surface area contributed by atoms with Crippen LogP contribution in [-0.4, -0.2) is 25.0 Å². The lowest BCUT2D eigenvalue weighted by molar-refractivity contribution is -0.140. The molecule has 5 nitrogen and oxygen atoms in total. The molecule has 2 rings (SSSR count). The van der Waals surface area contributed by atoms with E-state index in [4.69, 9.17) is 9.47 Å². The fourth-order valence-corrected chi connectivity index (χ4v) is 2.02. The Morgan fingerprint density at radius 2 is 1.68 bits per heavy atom. The Morgan fingerprint density at radius 3 is 2.26 bits per heavy atom. The van der Waals surface area contributed by atoms with Gasteiger partial charge in [-0.1, -0.05) is 12.1 Å². The van der Waals surface area contributed by atoms with Gasteiger partial charge in [0.2, 0.25) is 0 Å². The molecule has 1 N–H and O–H groups in total. The van der Waals surface area contributed by atoms with Crippen molar-refractivity contribution in [3.8, 4) is 11.5 Å². The van der Waals surface area contributed by atoms with Gasteiger partial charge in [0.25, 0.3) is 0 Å². The van der Waals surface area contributed by atoms with Gasteiger partial charge in [-0.05, 0) is 38.1 Å². The minimum absolute atomic E-state index is 0.0911. The third kappa shape index (κ3) is 3.79. The summed E-state index contributed by atoms with van der Waals surface area (Å²) in [7, 11) is 0. The van der Waals surface area contributed by atoms with Crippen LogP contribution in [0.25, 0.3) is 0 Å². The molecule has 0 aromatic heterocycles. The minimum Gasteiger partial charge on any atom is -0.423 e. The molecular weight excluding hydrogens is 246 g/mol. The van der Waals surface area contributed by atoms with Crippen molar-refractivity contribution in [1.82, 2.24) is 5.32 Å². The molecule has 0 amide bonds. The molecule has 1 saturated heterocycles. The molecule has 1 aliphatic heterocycles. The van der Waals surface area contributed by atoms with Crippen LogP contribution in [-0.2, 0) is 9.59 Å². The Morgan fingerprint density at radius 1 is 1.11 bits per heavy atom. The highest BCUT2D eigenvalue weighted by Gasteiger charge is 2.23. The second-order valence-corrected chi connectivity index (χ2v) is 4.49. The monoisotopic (exact) mass is 263 g/mol. The number of ether oxygens (including phenoxy) is 2. The maximum atomic E-state index is 12.0. The second kappa shape index (κ2) is 6.33. The van der Waals surface area contributed by atoms with Crippen LogP contribution in [0.3, 0.4) is 0 Å². The highest BCUT2D eigenvalue weighted by atomic mass is 16.6. The zero-order chi connectivity index (χ0) is 13.7. The van der Waals surface area contributed by atoms with Crippen molar-refractivity contribution in [2.45, 2.75) is 19.8 Å². The molecule has 1 aromatic rings. The van der Waals surface area contributed by atoms with E-state index in [0.717, 1.165) is 25.9 Å². The standard InChI is InChI=1S/C14H17NO4/c1-10(16)18-12-4-2-3-5-13(12)19-14(17)11-6-8-15-9-7-11/h2-5,11,15H,6-9H2,1H3. The zero-order valence-electron chi connectivity index (χ0n) is 10.8. The number of carbonyl (C=O) groups excluding carboxylic acids is 2. The minimum atomic E-state index is -0.439. The summed E-state index contributed by atoms with van der Waals surface area (Å²) in [5, 5.41) is 3.19. The lowest BCUT2D eigenvalue weighted by atomic mass is 9.98. The van der Waals surface area contributed by atoms with Crippen LogP contribution in [0.2, 0.25) is 0 Å². The summed E-state index contributed by atoms with van der Waals surface area (Å²) in [5.74, 6) is -0.225. The van der Waals surface area contributed by atoms with Gasteiger partial charge >= 0.3 is 11.9 Å². The molecule has 0 bridgehead atoms. The predicted octanol–water partition coefficient (Wildman–Crippen LogP) is 1.52. The van der Waals surface area contributed by atoms with E-state index in [1.165, 1.54) is 6.92 Å². The number of piperidine rings is 1. The van der Waals surface area contributed by atoms with Gasteiger partial charge in [-0.3, -0.25) is 9.59 Å². The van der Waals surface area contributed by atoms with Gasteiger partial charge in [-0.25, -0.2) is 0 Å². The van der Waals surface area contributed by atoms with E-state index in [1.54, 1.807) is 24.3 Å². The number of carbonyl (C=O) groups is 2. The molecule has 0 radical (unpaired) electrons. The number of benzene rings is 1. The molecule has 102 valence electrons. The summed E-state index contributed by atoms with van der Waals surface area (Å²) in [6.07, 6.45) is 1.54. The number of hydrogen-bond donors (Lipinski definition) is 1. The highest BCUT2D eigenvalue weighted by molar-refractivity contribution is 5.77. The second-order valence-electron chi connectivity index (χ2n) is 4.49. The average Bonchev–Trinajstić information content (AvgIpc) is 2.41. The van der Waals surface area contributed by atoms with Gasteiger partial charge in [-0.2, -0.15) is 0 Å². The largest absolute Gasteiger partial charge is 0.423 e. The fourth-order valence-electron chi connectivity index (χ4n) is 2.02. The third-order valence-corrected chi connectivity index (χ3v) is 2.99. The van der Waals surface area contributed by atoms with Gasteiger partial charge in [-0.15, -0.1) is 0 Å². The van der Waals surface area contributed by atoms with Gasteiger partial charge in [0.1, 0.15) is 0 Å². The summed E-state index contributed by atoms with van der Waals surface area (Å²) in [6, 6.07) is 6.68. The molecule has 1 heterocycles. The summed E-state index contributed by atoms with van der Waals surface area (Å²) in [6.45, 7) is 2.96. The molecule has 1 aromatic carbocycles. The number of nitrogens with one attached hydrogen (secondary N) is 1. The van der Waals surface area contributed by atoms with Gasteiger partial charge in [0.15, 0.2) is 11.5 Å². The smallest absolute Gasteiger partial charge is 0.314 e. The molecule has 5 heteroatoms. The molecule has 0 atom stereocenters. The quantitative estimate of drug-likeness (QED) is 0.661.